The summed E-state index contributed by atoms with van der Waals surface area (Å²) >= 11 is 0. The van der Waals surface area contributed by atoms with Crippen molar-refractivity contribution >= 4 is 32.6 Å². The van der Waals surface area contributed by atoms with Gasteiger partial charge in [-0.3, -0.25) is 0 Å². The van der Waals surface area contributed by atoms with E-state index in [1.165, 1.54) is 12.4 Å². The van der Waals surface area contributed by atoms with Gasteiger partial charge in [-0.25, -0.2) is 27.1 Å². The van der Waals surface area contributed by atoms with Gasteiger partial charge in [-0.1, -0.05) is 6.07 Å². The highest BCUT2D eigenvalue weighted by Gasteiger charge is 2.41. The fraction of sp³-hybridized carbons (Fsp3) is 0.429. The van der Waals surface area contributed by atoms with Crippen LogP contribution in [0.5, 0.6) is 0 Å². The van der Waals surface area contributed by atoms with E-state index in [9.17, 15) is 12.8 Å². The van der Waals surface area contributed by atoms with Gasteiger partial charge in [0.05, 0.1) is 17.2 Å². The smallest absolute Gasteiger partial charge is 0.216 e. The van der Waals surface area contributed by atoms with E-state index < -0.39 is 10.0 Å². The zero-order valence-corrected chi connectivity index (χ0v) is 17.5. The van der Waals surface area contributed by atoms with Crippen LogP contribution >= 0.6 is 0 Å². The lowest BCUT2D eigenvalue weighted by Crippen LogP contribution is -2.39. The maximum atomic E-state index is 14.2. The fourth-order valence-electron chi connectivity index (χ4n) is 4.09. The summed E-state index contributed by atoms with van der Waals surface area (Å²) in [4.78, 5) is 8.62. The minimum atomic E-state index is -3.13. The van der Waals surface area contributed by atoms with Gasteiger partial charge in [0, 0.05) is 18.7 Å². The molecule has 0 bridgehead atoms. The molecule has 2 fully saturated rings. The third-order valence-electron chi connectivity index (χ3n) is 5.96. The predicted molar refractivity (Wildman–Crippen MR) is 112 cm³/mol. The quantitative estimate of drug-likeness (QED) is 0.656. The Morgan fingerprint density at radius 2 is 1.93 bits per heavy atom. The molecular weight excluding hydrogens is 407 g/mol. The number of sulfonamides is 1. The number of halogens is 1. The first-order chi connectivity index (χ1) is 14.4. The van der Waals surface area contributed by atoms with E-state index in [-0.39, 0.29) is 17.0 Å². The van der Waals surface area contributed by atoms with Crippen LogP contribution in [0.25, 0.3) is 11.1 Å². The summed E-state index contributed by atoms with van der Waals surface area (Å²) in [7, 11) is -3.13. The second-order valence-corrected chi connectivity index (χ2v) is 10.3. The molecule has 9 heteroatoms. The number of furan rings is 1. The maximum absolute atomic E-state index is 14.2. The van der Waals surface area contributed by atoms with Crippen LogP contribution in [0.2, 0.25) is 0 Å². The number of hydrogen-bond acceptors (Lipinski definition) is 6. The third-order valence-corrected chi connectivity index (χ3v) is 8.36. The predicted octanol–water partition coefficient (Wildman–Crippen LogP) is 4.09. The van der Waals surface area contributed by atoms with E-state index in [1.807, 2.05) is 13.0 Å². The first-order valence-electron chi connectivity index (χ1n) is 10.2. The summed E-state index contributed by atoms with van der Waals surface area (Å²) in [6.45, 7) is 2.86. The van der Waals surface area contributed by atoms with Crippen molar-refractivity contribution in [1.29, 1.82) is 0 Å². The van der Waals surface area contributed by atoms with Crippen LogP contribution in [0.1, 0.15) is 42.7 Å². The minimum Gasteiger partial charge on any atom is -0.458 e. The number of aromatic nitrogens is 2. The van der Waals surface area contributed by atoms with Crippen LogP contribution in [0, 0.1) is 12.7 Å². The molecule has 0 atom stereocenters. The molecule has 3 aromatic rings. The van der Waals surface area contributed by atoms with E-state index in [1.54, 1.807) is 16.6 Å². The minimum absolute atomic E-state index is 0.163. The second-order valence-electron chi connectivity index (χ2n) is 8.12. The molecule has 30 heavy (non-hydrogen) atoms. The average Bonchev–Trinajstić information content (AvgIpc) is 3.51. The van der Waals surface area contributed by atoms with E-state index in [2.05, 4.69) is 15.3 Å². The molecule has 0 spiro atoms. The van der Waals surface area contributed by atoms with Gasteiger partial charge in [-0.2, -0.15) is 0 Å². The highest BCUT2D eigenvalue weighted by molar-refractivity contribution is 7.90. The molecule has 1 saturated carbocycles. The number of nitrogens with one attached hydrogen (secondary N) is 1. The maximum Gasteiger partial charge on any atom is 0.216 e. The molecule has 1 aliphatic heterocycles. The van der Waals surface area contributed by atoms with Gasteiger partial charge in [-0.05, 0) is 56.2 Å². The molecule has 7 nitrogen and oxygen atoms in total. The van der Waals surface area contributed by atoms with Crippen molar-refractivity contribution in [2.75, 3.05) is 18.4 Å². The summed E-state index contributed by atoms with van der Waals surface area (Å²) in [6.07, 6.45) is 6.11. The normalized spacial score (nSPS) is 18.7. The number of piperidine rings is 1. The Morgan fingerprint density at radius 3 is 2.63 bits per heavy atom. The number of anilines is 2. The van der Waals surface area contributed by atoms with Crippen molar-refractivity contribution in [1.82, 2.24) is 14.3 Å². The van der Waals surface area contributed by atoms with Gasteiger partial charge in [-0.15, -0.1) is 0 Å². The summed E-state index contributed by atoms with van der Waals surface area (Å²) < 4.78 is 46.6. The monoisotopic (exact) mass is 430 g/mol. The molecule has 2 aromatic heterocycles. The molecular formula is C21H23FN4O3S. The largest absolute Gasteiger partial charge is 0.458 e. The highest BCUT2D eigenvalue weighted by Crippen LogP contribution is 2.38. The molecule has 3 heterocycles. The van der Waals surface area contributed by atoms with Crippen LogP contribution in [0.15, 0.2) is 35.2 Å². The number of fused-ring (bicyclic) bond motifs is 1. The van der Waals surface area contributed by atoms with Gasteiger partial charge in [0.15, 0.2) is 11.4 Å². The molecule has 0 radical (unpaired) electrons. The first-order valence-corrected chi connectivity index (χ1v) is 11.7. The van der Waals surface area contributed by atoms with Crippen molar-refractivity contribution in [3.05, 3.63) is 47.7 Å². The Balaban J connectivity index is 1.37. The molecule has 1 N–H and O–H groups in total. The lowest BCUT2D eigenvalue weighted by Gasteiger charge is -2.30. The van der Waals surface area contributed by atoms with Gasteiger partial charge in [0.1, 0.15) is 17.7 Å². The SMILES string of the molecule is Cc1ccc(Nc2ncnc3c(C4CCN(S(=O)(=O)C5CC5)CC4)coc23)c(F)c1. The standard InChI is InChI=1S/C21H23FN4O3S/c1-13-2-5-18(17(22)10-13)25-21-20-19(23-12-24-21)16(11-29-20)14-6-8-26(9-7-14)30(27,28)15-3-4-15/h2,5,10-12,14-15H,3-4,6-9H2,1H3,(H,23,24,25). The van der Waals surface area contributed by atoms with Crippen molar-refractivity contribution in [2.24, 2.45) is 0 Å². The average molecular weight is 431 g/mol. The zero-order valence-electron chi connectivity index (χ0n) is 16.6. The van der Waals surface area contributed by atoms with Gasteiger partial charge < -0.3 is 9.73 Å². The number of nitrogens with zero attached hydrogens (tertiary/aromatic N) is 3. The summed E-state index contributed by atoms with van der Waals surface area (Å²) in [6, 6.07) is 4.94. The Kier molecular flexibility index (Phi) is 4.74. The van der Waals surface area contributed by atoms with Gasteiger partial charge >= 0.3 is 0 Å². The van der Waals surface area contributed by atoms with Crippen LogP contribution in [-0.4, -0.2) is 41.0 Å². The Hall–Kier alpha value is -2.52. The Bertz CT molecular complexity index is 1200. The lowest BCUT2D eigenvalue weighted by molar-refractivity contribution is 0.319. The topological polar surface area (TPSA) is 88.3 Å². The van der Waals surface area contributed by atoms with Crippen molar-refractivity contribution in [3.63, 3.8) is 0 Å². The van der Waals surface area contributed by atoms with E-state index >= 15 is 0 Å². The number of rotatable bonds is 5. The van der Waals surface area contributed by atoms with Crippen LogP contribution in [-0.2, 0) is 10.0 Å². The molecule has 2 aliphatic rings. The van der Waals surface area contributed by atoms with Crippen LogP contribution < -0.4 is 5.32 Å². The van der Waals surface area contributed by atoms with Crippen molar-refractivity contribution in [3.8, 4) is 0 Å². The van der Waals surface area contributed by atoms with Gasteiger partial charge in [0.25, 0.3) is 0 Å². The molecule has 1 saturated heterocycles. The number of benzene rings is 1. The molecule has 5 rings (SSSR count). The van der Waals surface area contributed by atoms with Crippen molar-refractivity contribution in [2.45, 2.75) is 43.8 Å². The van der Waals surface area contributed by atoms with Gasteiger partial charge in [0.2, 0.25) is 10.0 Å². The summed E-state index contributed by atoms with van der Waals surface area (Å²) in [5.41, 5.74) is 3.26. The zero-order chi connectivity index (χ0) is 20.9. The third kappa shape index (κ3) is 3.45. The van der Waals surface area contributed by atoms with Crippen LogP contribution in [0.3, 0.4) is 0 Å². The molecule has 1 aliphatic carbocycles. The first kappa shape index (κ1) is 19.4. The Morgan fingerprint density at radius 1 is 1.17 bits per heavy atom. The van der Waals surface area contributed by atoms with E-state index in [4.69, 9.17) is 4.42 Å². The summed E-state index contributed by atoms with van der Waals surface area (Å²) in [5.74, 6) is 0.205. The molecule has 0 unspecified atom stereocenters. The molecule has 0 amide bonds. The van der Waals surface area contributed by atoms with E-state index in [0.717, 1.165) is 36.8 Å². The molecule has 158 valence electrons. The number of hydrogen-bond donors (Lipinski definition) is 1. The van der Waals surface area contributed by atoms with Crippen LogP contribution in [0.4, 0.5) is 15.9 Å². The Labute approximate surface area is 174 Å². The highest BCUT2D eigenvalue weighted by atomic mass is 32.2. The summed E-state index contributed by atoms with van der Waals surface area (Å²) in [5, 5.41) is 2.82. The second kappa shape index (κ2) is 7.31. The number of aryl methyl sites for hydroxylation is 1. The fourth-order valence-corrected chi connectivity index (χ4v) is 5.97. The lowest BCUT2D eigenvalue weighted by atomic mass is 9.91. The van der Waals surface area contributed by atoms with Crippen molar-refractivity contribution < 1.29 is 17.2 Å². The van der Waals surface area contributed by atoms with E-state index in [0.29, 0.717) is 35.7 Å². The molecule has 1 aromatic carbocycles.